The minimum Gasteiger partial charge on any atom is -0.457 e. The number of nitrogens with one attached hydrogen (secondary N) is 1. The normalized spacial score (nSPS) is 13.9. The van der Waals surface area contributed by atoms with Gasteiger partial charge < -0.3 is 19.9 Å². The van der Waals surface area contributed by atoms with Gasteiger partial charge in [0.25, 0.3) is 5.91 Å². The third-order valence-electron chi connectivity index (χ3n) is 6.10. The predicted molar refractivity (Wildman–Crippen MR) is 138 cm³/mol. The van der Waals surface area contributed by atoms with E-state index in [1.807, 2.05) is 44.2 Å². The number of cyclic esters (lactones) is 1. The second kappa shape index (κ2) is 10.3. The summed E-state index contributed by atoms with van der Waals surface area (Å²) in [6, 6.07) is 20.9. The van der Waals surface area contributed by atoms with Crippen LogP contribution in [0.1, 0.15) is 54.2 Å². The van der Waals surface area contributed by atoms with Crippen LogP contribution in [0.4, 0.5) is 5.69 Å². The molecule has 1 aliphatic heterocycles. The molecule has 2 N–H and O–H groups in total. The van der Waals surface area contributed by atoms with Crippen LogP contribution in [0.3, 0.4) is 0 Å². The van der Waals surface area contributed by atoms with Crippen LogP contribution in [0.2, 0.25) is 0 Å². The summed E-state index contributed by atoms with van der Waals surface area (Å²) in [6.45, 7) is 5.32. The van der Waals surface area contributed by atoms with Crippen molar-refractivity contribution in [1.82, 2.24) is 0 Å². The number of rotatable bonds is 6. The standard InChI is InChI=1S/C30H27NO6/c1-20(32)37-25-12-9-21(10-13-25)15-16-30(35,19-29(2,3)23-7-5-4-6-8-23)28(34)31-24-11-14-26-22(17-24)18-36-27(26)33/h4-14,17,35H,18-19H2,1-3H3,(H,31,34). The molecule has 1 amide bonds. The van der Waals surface area contributed by atoms with Gasteiger partial charge in [0.1, 0.15) is 12.4 Å². The third kappa shape index (κ3) is 6.05. The fourth-order valence-corrected chi connectivity index (χ4v) is 4.21. The van der Waals surface area contributed by atoms with Gasteiger partial charge in [-0.15, -0.1) is 0 Å². The number of ether oxygens (including phenoxy) is 2. The van der Waals surface area contributed by atoms with Crippen molar-refractivity contribution in [1.29, 1.82) is 0 Å². The fraction of sp³-hybridized carbons (Fsp3) is 0.233. The number of benzene rings is 3. The molecule has 3 aromatic rings. The monoisotopic (exact) mass is 497 g/mol. The summed E-state index contributed by atoms with van der Waals surface area (Å²) in [5.41, 5.74) is 0.365. The summed E-state index contributed by atoms with van der Waals surface area (Å²) >= 11 is 0. The van der Waals surface area contributed by atoms with Crippen LogP contribution < -0.4 is 10.1 Å². The number of carbonyl (C=O) groups is 3. The largest absolute Gasteiger partial charge is 0.457 e. The van der Waals surface area contributed by atoms with Gasteiger partial charge in [-0.25, -0.2) is 4.79 Å². The lowest BCUT2D eigenvalue weighted by molar-refractivity contribution is -0.132. The average Bonchev–Trinajstić information content (AvgIpc) is 3.23. The van der Waals surface area contributed by atoms with Gasteiger partial charge in [-0.2, -0.15) is 0 Å². The maximum absolute atomic E-state index is 13.5. The smallest absolute Gasteiger partial charge is 0.338 e. The SMILES string of the molecule is CC(=O)Oc1ccc(C#CC(O)(CC(C)(C)c2ccccc2)C(=O)Nc2ccc3c(c2)COC3=O)cc1. The van der Waals surface area contributed by atoms with Crippen molar-refractivity contribution in [2.75, 3.05) is 5.32 Å². The first-order valence-corrected chi connectivity index (χ1v) is 11.8. The minimum atomic E-state index is -2.06. The molecule has 1 heterocycles. The van der Waals surface area contributed by atoms with Crippen molar-refractivity contribution in [2.45, 2.75) is 44.8 Å². The fourth-order valence-electron chi connectivity index (χ4n) is 4.21. The van der Waals surface area contributed by atoms with Crippen molar-refractivity contribution in [3.8, 4) is 17.6 Å². The van der Waals surface area contributed by atoms with Gasteiger partial charge in [-0.1, -0.05) is 56.0 Å². The van der Waals surface area contributed by atoms with E-state index in [0.717, 1.165) is 5.56 Å². The maximum atomic E-state index is 13.5. The quantitative estimate of drug-likeness (QED) is 0.298. The van der Waals surface area contributed by atoms with Gasteiger partial charge in [0, 0.05) is 30.2 Å². The number of anilines is 1. The van der Waals surface area contributed by atoms with Crippen LogP contribution in [0.15, 0.2) is 72.8 Å². The Labute approximate surface area is 215 Å². The van der Waals surface area contributed by atoms with Crippen LogP contribution in [0.5, 0.6) is 5.75 Å². The van der Waals surface area contributed by atoms with E-state index in [-0.39, 0.29) is 13.0 Å². The Morgan fingerprint density at radius 1 is 1.05 bits per heavy atom. The van der Waals surface area contributed by atoms with Crippen LogP contribution in [0, 0.1) is 11.8 Å². The molecule has 0 aromatic heterocycles. The van der Waals surface area contributed by atoms with Crippen molar-refractivity contribution in [3.63, 3.8) is 0 Å². The molecular formula is C30H27NO6. The van der Waals surface area contributed by atoms with Crippen molar-refractivity contribution in [2.24, 2.45) is 0 Å². The first-order chi connectivity index (χ1) is 17.6. The average molecular weight is 498 g/mol. The molecule has 1 aliphatic rings. The van der Waals surface area contributed by atoms with E-state index < -0.39 is 28.9 Å². The molecule has 1 unspecified atom stereocenters. The Morgan fingerprint density at radius 3 is 2.43 bits per heavy atom. The molecule has 0 radical (unpaired) electrons. The molecule has 7 nitrogen and oxygen atoms in total. The minimum absolute atomic E-state index is 0.0148. The summed E-state index contributed by atoms with van der Waals surface area (Å²) in [6.07, 6.45) is 0.0148. The summed E-state index contributed by atoms with van der Waals surface area (Å²) < 4.78 is 10.1. The molecular weight excluding hydrogens is 470 g/mol. The second-order valence-corrected chi connectivity index (χ2v) is 9.56. The zero-order chi connectivity index (χ0) is 26.6. The molecule has 0 bridgehead atoms. The summed E-state index contributed by atoms with van der Waals surface area (Å²) in [7, 11) is 0. The highest BCUT2D eigenvalue weighted by atomic mass is 16.5. The number of amides is 1. The van der Waals surface area contributed by atoms with E-state index in [1.54, 1.807) is 42.5 Å². The molecule has 37 heavy (non-hydrogen) atoms. The highest BCUT2D eigenvalue weighted by Gasteiger charge is 2.41. The Morgan fingerprint density at radius 2 is 1.76 bits per heavy atom. The van der Waals surface area contributed by atoms with E-state index >= 15 is 0 Å². The number of fused-ring (bicyclic) bond motifs is 1. The molecule has 0 aliphatic carbocycles. The molecule has 0 fully saturated rings. The van der Waals surface area contributed by atoms with Gasteiger partial charge in [0.2, 0.25) is 5.60 Å². The Kier molecular flexibility index (Phi) is 7.14. The molecule has 0 spiro atoms. The number of hydrogen-bond donors (Lipinski definition) is 2. The molecule has 4 rings (SSSR count). The van der Waals surface area contributed by atoms with Gasteiger partial charge in [-0.3, -0.25) is 9.59 Å². The third-order valence-corrected chi connectivity index (χ3v) is 6.10. The first-order valence-electron chi connectivity index (χ1n) is 11.8. The van der Waals surface area contributed by atoms with Crippen LogP contribution in [-0.2, 0) is 26.3 Å². The van der Waals surface area contributed by atoms with E-state index in [0.29, 0.717) is 28.1 Å². The highest BCUT2D eigenvalue weighted by Crippen LogP contribution is 2.33. The lowest BCUT2D eigenvalue weighted by Gasteiger charge is -2.32. The summed E-state index contributed by atoms with van der Waals surface area (Å²) in [5, 5.41) is 14.4. The van der Waals surface area contributed by atoms with Crippen molar-refractivity contribution < 1.29 is 29.0 Å². The number of esters is 2. The summed E-state index contributed by atoms with van der Waals surface area (Å²) in [4.78, 5) is 36.4. The van der Waals surface area contributed by atoms with Gasteiger partial charge in [-0.05, 0) is 53.4 Å². The zero-order valence-corrected chi connectivity index (χ0v) is 20.8. The number of hydrogen-bond acceptors (Lipinski definition) is 6. The predicted octanol–water partition coefficient (Wildman–Crippen LogP) is 4.37. The maximum Gasteiger partial charge on any atom is 0.338 e. The second-order valence-electron chi connectivity index (χ2n) is 9.56. The Bertz CT molecular complexity index is 1400. The van der Waals surface area contributed by atoms with Crippen LogP contribution >= 0.6 is 0 Å². The lowest BCUT2D eigenvalue weighted by Crippen LogP contribution is -2.46. The lowest BCUT2D eigenvalue weighted by atomic mass is 9.75. The number of carbonyl (C=O) groups excluding carboxylic acids is 3. The molecule has 1 atom stereocenters. The Hall–Kier alpha value is -4.41. The topological polar surface area (TPSA) is 102 Å². The Balaban J connectivity index is 1.64. The van der Waals surface area contributed by atoms with E-state index in [2.05, 4.69) is 17.2 Å². The highest BCUT2D eigenvalue weighted by molar-refractivity contribution is 6.01. The first kappa shape index (κ1) is 25.7. The molecule has 0 saturated heterocycles. The van der Waals surface area contributed by atoms with Crippen molar-refractivity contribution in [3.05, 3.63) is 95.1 Å². The van der Waals surface area contributed by atoms with Gasteiger partial charge in [0.15, 0.2) is 0 Å². The molecule has 0 saturated carbocycles. The molecule has 3 aromatic carbocycles. The summed E-state index contributed by atoms with van der Waals surface area (Å²) in [5.74, 6) is 4.52. The van der Waals surface area contributed by atoms with Gasteiger partial charge in [0.05, 0.1) is 5.56 Å². The van der Waals surface area contributed by atoms with E-state index in [9.17, 15) is 19.5 Å². The van der Waals surface area contributed by atoms with Gasteiger partial charge >= 0.3 is 11.9 Å². The van der Waals surface area contributed by atoms with Crippen LogP contribution in [-0.4, -0.2) is 28.6 Å². The van der Waals surface area contributed by atoms with E-state index in [4.69, 9.17) is 9.47 Å². The zero-order valence-electron chi connectivity index (χ0n) is 20.8. The van der Waals surface area contributed by atoms with Crippen molar-refractivity contribution >= 4 is 23.5 Å². The number of aliphatic hydroxyl groups is 1. The van der Waals surface area contributed by atoms with Crippen LogP contribution in [0.25, 0.3) is 0 Å². The van der Waals surface area contributed by atoms with E-state index in [1.165, 1.54) is 6.92 Å². The molecule has 7 heteroatoms. The molecule has 188 valence electrons.